The smallest absolute Gasteiger partial charge is 0.185 e. The minimum absolute atomic E-state index is 0.745. The van der Waals surface area contributed by atoms with Crippen LogP contribution in [0.25, 0.3) is 0 Å². The Kier molecular flexibility index (Phi) is 5.54. The monoisotopic (exact) mass is 295 g/mol. The van der Waals surface area contributed by atoms with E-state index in [9.17, 15) is 4.79 Å². The maximum atomic E-state index is 11.1. The normalized spacial score (nSPS) is 17.4. The first-order valence-electron chi connectivity index (χ1n) is 7.48. The first-order chi connectivity index (χ1) is 9.63. The van der Waals surface area contributed by atoms with Crippen LogP contribution in [0.4, 0.5) is 5.13 Å². The zero-order valence-corrected chi connectivity index (χ0v) is 13.6. The van der Waals surface area contributed by atoms with Crippen molar-refractivity contribution in [3.63, 3.8) is 0 Å². The summed E-state index contributed by atoms with van der Waals surface area (Å²) in [6.07, 6.45) is 5.40. The Balaban J connectivity index is 1.98. The van der Waals surface area contributed by atoms with Crippen LogP contribution in [-0.4, -0.2) is 49.9 Å². The average molecular weight is 295 g/mol. The number of aromatic nitrogens is 1. The second-order valence-electron chi connectivity index (χ2n) is 5.80. The van der Waals surface area contributed by atoms with Gasteiger partial charge < -0.3 is 9.80 Å². The predicted molar refractivity (Wildman–Crippen MR) is 85.0 cm³/mol. The molecule has 0 N–H and O–H groups in total. The number of likely N-dealkylation sites (tertiary alicyclic amines) is 1. The molecule has 5 heteroatoms. The highest BCUT2D eigenvalue weighted by Crippen LogP contribution is 2.27. The minimum atomic E-state index is 0.745. The van der Waals surface area contributed by atoms with Crippen molar-refractivity contribution < 1.29 is 4.79 Å². The first kappa shape index (κ1) is 15.4. The van der Waals surface area contributed by atoms with Gasteiger partial charge in [-0.2, -0.15) is 0 Å². The third kappa shape index (κ3) is 3.79. The number of nitrogens with zero attached hydrogens (tertiary/aromatic N) is 3. The summed E-state index contributed by atoms with van der Waals surface area (Å²) in [5.74, 6) is 0.745. The number of carbonyl (C=O) groups excluding carboxylic acids is 1. The summed E-state index contributed by atoms with van der Waals surface area (Å²) in [5, 5.41) is 0.995. The van der Waals surface area contributed by atoms with E-state index in [1.165, 1.54) is 37.3 Å². The number of carbonyl (C=O) groups is 1. The van der Waals surface area contributed by atoms with Crippen LogP contribution in [0.15, 0.2) is 0 Å². The first-order valence-corrected chi connectivity index (χ1v) is 8.30. The molecule has 0 aromatic carbocycles. The number of aldehydes is 1. The van der Waals surface area contributed by atoms with Crippen molar-refractivity contribution in [1.82, 2.24) is 9.88 Å². The average Bonchev–Trinajstić information content (AvgIpc) is 2.85. The zero-order chi connectivity index (χ0) is 14.5. The van der Waals surface area contributed by atoms with Crippen LogP contribution in [0.5, 0.6) is 0 Å². The van der Waals surface area contributed by atoms with Crippen molar-refractivity contribution in [2.45, 2.75) is 32.6 Å². The number of piperidine rings is 1. The molecule has 0 saturated carbocycles. The molecule has 0 spiro atoms. The Morgan fingerprint density at radius 2 is 2.15 bits per heavy atom. The lowest BCUT2D eigenvalue weighted by Gasteiger charge is -2.31. The maximum Gasteiger partial charge on any atom is 0.185 e. The number of aryl methyl sites for hydroxylation is 1. The fourth-order valence-electron chi connectivity index (χ4n) is 2.73. The van der Waals surface area contributed by atoms with Gasteiger partial charge in [-0.25, -0.2) is 4.98 Å². The SMILES string of the molecule is CCCc1nc(N(C)CC2CCN(C)CC2)sc1C=O. The summed E-state index contributed by atoms with van der Waals surface area (Å²) < 4.78 is 0. The molecule has 0 unspecified atom stereocenters. The number of anilines is 1. The molecule has 2 rings (SSSR count). The Labute approximate surface area is 125 Å². The van der Waals surface area contributed by atoms with E-state index in [-0.39, 0.29) is 0 Å². The molecule has 0 aliphatic carbocycles. The largest absolute Gasteiger partial charge is 0.351 e. The van der Waals surface area contributed by atoms with Gasteiger partial charge in [0.15, 0.2) is 11.4 Å². The van der Waals surface area contributed by atoms with Gasteiger partial charge >= 0.3 is 0 Å². The number of rotatable bonds is 6. The molecule has 112 valence electrons. The van der Waals surface area contributed by atoms with Gasteiger partial charge in [-0.1, -0.05) is 24.7 Å². The van der Waals surface area contributed by atoms with Crippen molar-refractivity contribution in [2.24, 2.45) is 5.92 Å². The number of hydrogen-bond acceptors (Lipinski definition) is 5. The molecule has 0 radical (unpaired) electrons. The molecule has 2 heterocycles. The van der Waals surface area contributed by atoms with E-state index in [1.807, 2.05) is 0 Å². The van der Waals surface area contributed by atoms with Crippen LogP contribution < -0.4 is 4.90 Å². The third-order valence-corrected chi connectivity index (χ3v) is 5.14. The predicted octanol–water partition coefficient (Wildman–Crippen LogP) is 2.69. The highest BCUT2D eigenvalue weighted by atomic mass is 32.1. The second kappa shape index (κ2) is 7.18. The van der Waals surface area contributed by atoms with E-state index >= 15 is 0 Å². The van der Waals surface area contributed by atoms with Gasteiger partial charge in [0.05, 0.1) is 10.6 Å². The molecule has 1 fully saturated rings. The Hall–Kier alpha value is -0.940. The highest BCUT2D eigenvalue weighted by Gasteiger charge is 2.20. The van der Waals surface area contributed by atoms with Crippen LogP contribution in [0, 0.1) is 5.92 Å². The third-order valence-electron chi connectivity index (χ3n) is 4.01. The zero-order valence-electron chi connectivity index (χ0n) is 12.8. The van der Waals surface area contributed by atoms with Gasteiger partial charge in [0.25, 0.3) is 0 Å². The Morgan fingerprint density at radius 1 is 1.45 bits per heavy atom. The molecule has 1 aliphatic heterocycles. The summed E-state index contributed by atoms with van der Waals surface area (Å²) in [7, 11) is 4.29. The van der Waals surface area contributed by atoms with E-state index in [0.717, 1.165) is 47.3 Å². The highest BCUT2D eigenvalue weighted by molar-refractivity contribution is 7.17. The van der Waals surface area contributed by atoms with Gasteiger partial charge in [0, 0.05) is 13.6 Å². The fraction of sp³-hybridized carbons (Fsp3) is 0.733. The molecule has 0 amide bonds. The molecule has 1 aromatic heterocycles. The van der Waals surface area contributed by atoms with Crippen LogP contribution in [0.2, 0.25) is 0 Å². The lowest BCUT2D eigenvalue weighted by Crippen LogP contribution is -2.35. The van der Waals surface area contributed by atoms with Gasteiger partial charge in [-0.05, 0) is 45.3 Å². The molecule has 20 heavy (non-hydrogen) atoms. The molecule has 0 bridgehead atoms. The van der Waals surface area contributed by atoms with E-state index in [0.29, 0.717) is 0 Å². The Morgan fingerprint density at radius 3 is 2.75 bits per heavy atom. The van der Waals surface area contributed by atoms with E-state index in [2.05, 4.69) is 35.8 Å². The van der Waals surface area contributed by atoms with Crippen molar-refractivity contribution in [1.29, 1.82) is 0 Å². The van der Waals surface area contributed by atoms with Crippen LogP contribution in [-0.2, 0) is 6.42 Å². The van der Waals surface area contributed by atoms with Crippen molar-refractivity contribution >= 4 is 22.8 Å². The summed E-state index contributed by atoms with van der Waals surface area (Å²) >= 11 is 1.53. The molecule has 1 saturated heterocycles. The molecule has 4 nitrogen and oxygen atoms in total. The van der Waals surface area contributed by atoms with Crippen LogP contribution in [0.3, 0.4) is 0 Å². The van der Waals surface area contributed by atoms with E-state index < -0.39 is 0 Å². The van der Waals surface area contributed by atoms with Crippen molar-refractivity contribution in [2.75, 3.05) is 38.6 Å². The number of hydrogen-bond donors (Lipinski definition) is 0. The standard InChI is InChI=1S/C15H25N3OS/c1-4-5-13-14(11-19)20-15(16-13)18(3)10-12-6-8-17(2)9-7-12/h11-12H,4-10H2,1-3H3. The summed E-state index contributed by atoms with van der Waals surface area (Å²) in [5.41, 5.74) is 0.970. The molecular weight excluding hydrogens is 270 g/mol. The second-order valence-corrected chi connectivity index (χ2v) is 6.81. The quantitative estimate of drug-likeness (QED) is 0.756. The van der Waals surface area contributed by atoms with E-state index in [4.69, 9.17) is 0 Å². The maximum absolute atomic E-state index is 11.1. The summed E-state index contributed by atoms with van der Waals surface area (Å²) in [6, 6.07) is 0. The molecular formula is C15H25N3OS. The fourth-order valence-corrected chi connectivity index (χ4v) is 3.63. The molecule has 1 aromatic rings. The van der Waals surface area contributed by atoms with E-state index in [1.54, 1.807) is 0 Å². The van der Waals surface area contributed by atoms with Gasteiger partial charge in [0.1, 0.15) is 0 Å². The van der Waals surface area contributed by atoms with Gasteiger partial charge in [0.2, 0.25) is 0 Å². The summed E-state index contributed by atoms with van der Waals surface area (Å²) in [6.45, 7) is 5.55. The lowest BCUT2D eigenvalue weighted by atomic mass is 9.97. The molecule has 1 aliphatic rings. The lowest BCUT2D eigenvalue weighted by molar-refractivity contribution is 0.112. The van der Waals surface area contributed by atoms with Crippen molar-refractivity contribution in [3.8, 4) is 0 Å². The van der Waals surface area contributed by atoms with Crippen LogP contribution in [0.1, 0.15) is 41.6 Å². The summed E-state index contributed by atoms with van der Waals surface area (Å²) in [4.78, 5) is 21.2. The van der Waals surface area contributed by atoms with Gasteiger partial charge in [-0.15, -0.1) is 0 Å². The Bertz CT molecular complexity index is 438. The van der Waals surface area contributed by atoms with Gasteiger partial charge in [-0.3, -0.25) is 4.79 Å². The van der Waals surface area contributed by atoms with Crippen LogP contribution >= 0.6 is 11.3 Å². The minimum Gasteiger partial charge on any atom is -0.351 e. The molecule has 0 atom stereocenters. The number of thiazole rings is 1. The van der Waals surface area contributed by atoms with Crippen molar-refractivity contribution in [3.05, 3.63) is 10.6 Å². The topological polar surface area (TPSA) is 36.4 Å².